The quantitative estimate of drug-likeness (QED) is 0.335. The van der Waals surface area contributed by atoms with Gasteiger partial charge in [-0.2, -0.15) is 0 Å². The Morgan fingerprint density at radius 1 is 1.12 bits per heavy atom. The number of nitrogens with one attached hydrogen (secondary N) is 2. The molecule has 1 saturated carbocycles. The van der Waals surface area contributed by atoms with Crippen LogP contribution in [-0.2, 0) is 14.6 Å². The first kappa shape index (κ1) is 30.5. The second-order valence-corrected chi connectivity index (χ2v) is 14.2. The molecular weight excluding hydrogens is 571 g/mol. The van der Waals surface area contributed by atoms with Crippen molar-refractivity contribution >= 4 is 38.2 Å². The van der Waals surface area contributed by atoms with E-state index in [-0.39, 0.29) is 11.4 Å². The number of piperidine rings is 1. The topological polar surface area (TPSA) is 102 Å². The zero-order chi connectivity index (χ0) is 30.9. The predicted molar refractivity (Wildman–Crippen MR) is 166 cm³/mol. The first-order valence-electron chi connectivity index (χ1n) is 14.5. The van der Waals surface area contributed by atoms with E-state index in [1.54, 1.807) is 26.8 Å². The largest absolute Gasteiger partial charge is 0.495 e. The second kappa shape index (κ2) is 12.0. The molecule has 230 valence electrons. The Morgan fingerprint density at radius 3 is 2.53 bits per heavy atom. The van der Waals surface area contributed by atoms with Gasteiger partial charge in [0.15, 0.2) is 9.84 Å². The first-order valence-corrected chi connectivity index (χ1v) is 16.4. The summed E-state index contributed by atoms with van der Waals surface area (Å²) in [7, 11) is -1.85. The van der Waals surface area contributed by atoms with Crippen LogP contribution in [0.25, 0.3) is 10.9 Å². The van der Waals surface area contributed by atoms with E-state index >= 15 is 4.39 Å². The van der Waals surface area contributed by atoms with Crippen LogP contribution in [0.15, 0.2) is 47.4 Å². The number of halogens is 1. The van der Waals surface area contributed by atoms with E-state index in [4.69, 9.17) is 9.47 Å². The smallest absolute Gasteiger partial charge is 0.410 e. The van der Waals surface area contributed by atoms with Gasteiger partial charge in [-0.25, -0.2) is 17.6 Å². The van der Waals surface area contributed by atoms with Crippen LogP contribution in [0.1, 0.15) is 51.8 Å². The summed E-state index contributed by atoms with van der Waals surface area (Å²) in [6.07, 6.45) is 2.05. The fraction of sp³-hybridized carbons (Fsp3) is 0.469. The molecule has 2 heterocycles. The molecule has 9 nitrogen and oxygen atoms in total. The molecule has 2 aromatic carbocycles. The number of likely N-dealkylation sites (tertiary alicyclic amines) is 1. The molecule has 1 aromatic heterocycles. The van der Waals surface area contributed by atoms with Gasteiger partial charge < -0.3 is 29.6 Å². The number of nitrogens with zero attached hydrogens (tertiary/aromatic N) is 2. The van der Waals surface area contributed by atoms with Crippen molar-refractivity contribution in [1.82, 2.24) is 9.47 Å². The minimum absolute atomic E-state index is 0.0167. The van der Waals surface area contributed by atoms with Gasteiger partial charge in [0.25, 0.3) is 0 Å². The summed E-state index contributed by atoms with van der Waals surface area (Å²) < 4.78 is 52.1. The average Bonchev–Trinajstić information content (AvgIpc) is 3.70. The van der Waals surface area contributed by atoms with Crippen LogP contribution >= 0.6 is 0 Å². The lowest BCUT2D eigenvalue weighted by Gasteiger charge is -2.36. The number of sulfone groups is 1. The number of amides is 1. The van der Waals surface area contributed by atoms with Crippen molar-refractivity contribution in [3.63, 3.8) is 0 Å². The van der Waals surface area contributed by atoms with Crippen molar-refractivity contribution in [3.8, 4) is 17.6 Å². The van der Waals surface area contributed by atoms with Gasteiger partial charge in [-0.3, -0.25) is 0 Å². The Labute approximate surface area is 252 Å². The number of methoxy groups -OCH3 is 1. The Kier molecular flexibility index (Phi) is 8.52. The molecule has 1 amide bonds. The molecule has 2 aliphatic rings. The highest BCUT2D eigenvalue weighted by Gasteiger charge is 2.34. The third-order valence-corrected chi connectivity index (χ3v) is 8.62. The van der Waals surface area contributed by atoms with Crippen molar-refractivity contribution in [3.05, 3.63) is 48.2 Å². The number of benzene rings is 2. The Balaban J connectivity index is 1.31. The van der Waals surface area contributed by atoms with Crippen molar-refractivity contribution in [2.24, 2.45) is 0 Å². The molecule has 2 unspecified atom stereocenters. The zero-order valence-corrected chi connectivity index (χ0v) is 26.1. The number of aromatic nitrogens is 1. The number of fused-ring (bicyclic) bond motifs is 1. The van der Waals surface area contributed by atoms with Crippen LogP contribution in [0.2, 0.25) is 0 Å². The lowest BCUT2D eigenvalue weighted by Crippen LogP contribution is -2.51. The van der Waals surface area contributed by atoms with Crippen LogP contribution in [0.4, 0.5) is 20.6 Å². The molecule has 2 atom stereocenters. The summed E-state index contributed by atoms with van der Waals surface area (Å²) in [4.78, 5) is 14.1. The first-order chi connectivity index (χ1) is 20.3. The van der Waals surface area contributed by atoms with E-state index < -0.39 is 33.7 Å². The summed E-state index contributed by atoms with van der Waals surface area (Å²) in [5.41, 5.74) is 2.79. The average molecular weight is 611 g/mol. The van der Waals surface area contributed by atoms with Gasteiger partial charge in [0.05, 0.1) is 48.0 Å². The summed E-state index contributed by atoms with van der Waals surface area (Å²) >= 11 is 0. The molecule has 2 fully saturated rings. The highest BCUT2D eigenvalue weighted by atomic mass is 32.2. The lowest BCUT2D eigenvalue weighted by molar-refractivity contribution is 0.0125. The molecule has 1 aliphatic carbocycles. The molecule has 2 N–H and O–H groups in total. The molecule has 5 rings (SSSR count). The van der Waals surface area contributed by atoms with Gasteiger partial charge in [-0.1, -0.05) is 12.0 Å². The number of anilines is 2. The zero-order valence-electron chi connectivity index (χ0n) is 25.2. The van der Waals surface area contributed by atoms with Gasteiger partial charge in [0.2, 0.25) is 0 Å². The number of hydrogen-bond donors (Lipinski definition) is 2. The Morgan fingerprint density at radius 2 is 1.88 bits per heavy atom. The number of hydrogen-bond acceptors (Lipinski definition) is 7. The number of alkyl halides is 1. The number of rotatable bonds is 7. The van der Waals surface area contributed by atoms with Crippen molar-refractivity contribution in [1.29, 1.82) is 0 Å². The third kappa shape index (κ3) is 7.19. The molecule has 0 spiro atoms. The summed E-state index contributed by atoms with van der Waals surface area (Å²) in [6.45, 7) is 6.12. The Hall–Kier alpha value is -3.91. The second-order valence-electron chi connectivity index (χ2n) is 12.1. The molecule has 1 aliphatic heterocycles. The van der Waals surface area contributed by atoms with Gasteiger partial charge in [0, 0.05) is 36.0 Å². The van der Waals surface area contributed by atoms with E-state index in [0.717, 1.165) is 41.4 Å². The van der Waals surface area contributed by atoms with Crippen molar-refractivity contribution < 1.29 is 27.1 Å². The van der Waals surface area contributed by atoms with Gasteiger partial charge in [-0.15, -0.1) is 0 Å². The molecule has 11 heteroatoms. The van der Waals surface area contributed by atoms with E-state index in [1.807, 2.05) is 18.2 Å². The molecule has 43 heavy (non-hydrogen) atoms. The number of carbonyl (C=O) groups excluding carboxylic acids is 1. The third-order valence-electron chi connectivity index (χ3n) is 7.51. The van der Waals surface area contributed by atoms with Crippen LogP contribution in [0.3, 0.4) is 0 Å². The maximum absolute atomic E-state index is 15.3. The van der Waals surface area contributed by atoms with Crippen LogP contribution in [-0.4, -0.2) is 74.8 Å². The summed E-state index contributed by atoms with van der Waals surface area (Å²) in [5, 5.41) is 7.60. The van der Waals surface area contributed by atoms with E-state index in [1.165, 1.54) is 24.1 Å². The maximum atomic E-state index is 15.3. The standard InChI is InChI=1S/C32H39FN4O5S/c1-32(2,3)42-31(38)36-17-15-27(25(33)20-36)35-26-9-6-10-29-24(26)18-22(37(29)21-11-12-21)8-7-16-34-28-14-13-23(43(5,39)40)19-30(28)41-4/h6,9-10,13-14,18-19,21,25,27,34-35H,11-12,15-17,20H2,1-5H3. The fourth-order valence-corrected chi connectivity index (χ4v) is 5.92. The predicted octanol–water partition coefficient (Wildman–Crippen LogP) is 5.61. The maximum Gasteiger partial charge on any atom is 0.410 e. The highest BCUT2D eigenvalue weighted by Crippen LogP contribution is 2.41. The molecule has 0 bridgehead atoms. The number of carbonyl (C=O) groups is 1. The van der Waals surface area contributed by atoms with E-state index in [0.29, 0.717) is 37.0 Å². The highest BCUT2D eigenvalue weighted by molar-refractivity contribution is 7.90. The van der Waals surface area contributed by atoms with Crippen LogP contribution in [0.5, 0.6) is 5.75 Å². The van der Waals surface area contributed by atoms with Gasteiger partial charge >= 0.3 is 6.09 Å². The van der Waals surface area contributed by atoms with Crippen molar-refractivity contribution in [2.75, 3.05) is 43.6 Å². The molecular formula is C32H39FN4O5S. The molecule has 0 radical (unpaired) electrons. The SMILES string of the molecule is COc1cc(S(C)(=O)=O)ccc1NCC#Cc1cc2c(NC3CCN(C(=O)OC(C)(C)C)CC3F)cccc2n1C1CC1. The Bertz CT molecular complexity index is 1680. The van der Waals surface area contributed by atoms with Crippen molar-refractivity contribution in [2.45, 2.75) is 68.8 Å². The monoisotopic (exact) mass is 610 g/mol. The minimum Gasteiger partial charge on any atom is -0.495 e. The lowest BCUT2D eigenvalue weighted by atomic mass is 10.0. The normalized spacial score (nSPS) is 19.0. The van der Waals surface area contributed by atoms with Crippen LogP contribution in [0, 0.1) is 11.8 Å². The van der Waals surface area contributed by atoms with E-state index in [2.05, 4.69) is 33.1 Å². The summed E-state index contributed by atoms with van der Waals surface area (Å²) in [5.74, 6) is 6.91. The number of ether oxygens (including phenoxy) is 2. The van der Waals surface area contributed by atoms with E-state index in [9.17, 15) is 13.2 Å². The summed E-state index contributed by atoms with van der Waals surface area (Å²) in [6, 6.07) is 12.7. The fourth-order valence-electron chi connectivity index (χ4n) is 5.28. The van der Waals surface area contributed by atoms with Gasteiger partial charge in [0.1, 0.15) is 17.5 Å². The molecule has 1 saturated heterocycles. The van der Waals surface area contributed by atoms with Gasteiger partial charge in [-0.05, 0) is 76.3 Å². The minimum atomic E-state index is -3.35. The molecule has 3 aromatic rings. The van der Waals surface area contributed by atoms with Crippen LogP contribution < -0.4 is 15.4 Å².